The summed E-state index contributed by atoms with van der Waals surface area (Å²) in [6.07, 6.45) is 3.73. The number of fused-ring (bicyclic) bond motifs is 4. The first kappa shape index (κ1) is 15.5. The van der Waals surface area contributed by atoms with Crippen LogP contribution in [0.4, 0.5) is 0 Å². The number of halogens is 1. The van der Waals surface area contributed by atoms with Crippen molar-refractivity contribution in [2.24, 2.45) is 0 Å². The van der Waals surface area contributed by atoms with Crippen LogP contribution < -0.4 is 0 Å². The third kappa shape index (κ3) is 2.67. The molecule has 0 atom stereocenters. The van der Waals surface area contributed by atoms with Crippen molar-refractivity contribution in [1.82, 2.24) is 19.8 Å². The molecule has 4 nitrogen and oxygen atoms in total. The van der Waals surface area contributed by atoms with Gasteiger partial charge in [0.1, 0.15) is 0 Å². The molecule has 0 aliphatic heterocycles. The summed E-state index contributed by atoms with van der Waals surface area (Å²) < 4.78 is 1.90. The molecule has 0 spiro atoms. The summed E-state index contributed by atoms with van der Waals surface area (Å²) in [7, 11) is 0. The minimum Gasteiger partial charge on any atom is -0.197 e. The van der Waals surface area contributed by atoms with E-state index in [0.29, 0.717) is 0 Å². The molecular weight excluding hydrogens is 344 g/mol. The SMILES string of the molecule is Clc1ccc(CCc2nnc3cc4c(nn23)-c2ccccc2CC4)cc1. The summed E-state index contributed by atoms with van der Waals surface area (Å²) in [5.41, 5.74) is 6.97. The van der Waals surface area contributed by atoms with Crippen molar-refractivity contribution in [3.63, 3.8) is 0 Å². The highest BCUT2D eigenvalue weighted by Gasteiger charge is 2.19. The fourth-order valence-corrected chi connectivity index (χ4v) is 3.76. The quantitative estimate of drug-likeness (QED) is 0.546. The molecule has 2 heterocycles. The molecule has 0 N–H and O–H groups in total. The smallest absolute Gasteiger partial charge is 0.178 e. The van der Waals surface area contributed by atoms with Crippen LogP contribution in [-0.2, 0) is 25.7 Å². The number of hydrogen-bond acceptors (Lipinski definition) is 3. The van der Waals surface area contributed by atoms with Gasteiger partial charge in [0.25, 0.3) is 0 Å². The van der Waals surface area contributed by atoms with Crippen molar-refractivity contribution in [3.8, 4) is 11.3 Å². The van der Waals surface area contributed by atoms with E-state index < -0.39 is 0 Å². The molecule has 0 bridgehead atoms. The highest BCUT2D eigenvalue weighted by molar-refractivity contribution is 6.30. The average molecular weight is 361 g/mol. The second-order valence-electron chi connectivity index (χ2n) is 6.69. The summed E-state index contributed by atoms with van der Waals surface area (Å²) in [6.45, 7) is 0. The highest BCUT2D eigenvalue weighted by atomic mass is 35.5. The molecule has 4 aromatic rings. The van der Waals surface area contributed by atoms with Gasteiger partial charge in [-0.25, -0.2) is 0 Å². The van der Waals surface area contributed by atoms with Crippen LogP contribution in [0.5, 0.6) is 0 Å². The summed E-state index contributed by atoms with van der Waals surface area (Å²) in [4.78, 5) is 0. The summed E-state index contributed by atoms with van der Waals surface area (Å²) in [6, 6.07) is 18.6. The molecule has 2 aromatic heterocycles. The Morgan fingerprint density at radius 1 is 0.885 bits per heavy atom. The van der Waals surface area contributed by atoms with Crippen molar-refractivity contribution in [1.29, 1.82) is 0 Å². The van der Waals surface area contributed by atoms with Crippen LogP contribution in [0, 0.1) is 0 Å². The summed E-state index contributed by atoms with van der Waals surface area (Å²) >= 11 is 5.96. The zero-order valence-corrected chi connectivity index (χ0v) is 14.9. The van der Waals surface area contributed by atoms with Gasteiger partial charge in [-0.3, -0.25) is 0 Å². The van der Waals surface area contributed by atoms with Gasteiger partial charge in [-0.2, -0.15) is 9.61 Å². The summed E-state index contributed by atoms with van der Waals surface area (Å²) in [5.74, 6) is 0.890. The molecule has 0 saturated carbocycles. The van der Waals surface area contributed by atoms with Crippen molar-refractivity contribution in [3.05, 3.63) is 82.1 Å². The van der Waals surface area contributed by atoms with Crippen molar-refractivity contribution in [2.45, 2.75) is 25.7 Å². The van der Waals surface area contributed by atoms with Crippen molar-refractivity contribution >= 4 is 17.2 Å². The first-order valence-corrected chi connectivity index (χ1v) is 9.23. The van der Waals surface area contributed by atoms with E-state index in [1.807, 2.05) is 16.6 Å². The Morgan fingerprint density at radius 3 is 2.58 bits per heavy atom. The average Bonchev–Trinajstić information content (AvgIpc) is 3.08. The van der Waals surface area contributed by atoms with Gasteiger partial charge in [0.2, 0.25) is 0 Å². The standard InChI is InChI=1S/C21H17ClN4/c22-17-10-5-14(6-11-17)7-12-19-23-24-20-13-16-9-8-15-3-1-2-4-18(15)21(16)25-26(19)20/h1-6,10-11,13H,7-9,12H2. The molecule has 0 fully saturated rings. The minimum atomic E-state index is 0.758. The van der Waals surface area contributed by atoms with Gasteiger partial charge in [-0.1, -0.05) is 48.0 Å². The molecule has 1 aliphatic rings. The van der Waals surface area contributed by atoms with Gasteiger partial charge >= 0.3 is 0 Å². The van der Waals surface area contributed by atoms with E-state index in [1.54, 1.807) is 0 Å². The molecule has 1 aliphatic carbocycles. The number of aryl methyl sites for hydroxylation is 4. The van der Waals surface area contributed by atoms with Crippen LogP contribution in [0.2, 0.25) is 5.02 Å². The van der Waals surface area contributed by atoms with Gasteiger partial charge in [-0.05, 0) is 54.2 Å². The lowest BCUT2D eigenvalue weighted by Crippen LogP contribution is -2.10. The Balaban J connectivity index is 1.51. The third-order valence-electron chi connectivity index (χ3n) is 5.02. The lowest BCUT2D eigenvalue weighted by atomic mass is 9.89. The predicted octanol–water partition coefficient (Wildman–Crippen LogP) is 4.33. The third-order valence-corrected chi connectivity index (χ3v) is 5.28. The van der Waals surface area contributed by atoms with E-state index >= 15 is 0 Å². The molecule has 0 unspecified atom stereocenters. The largest absolute Gasteiger partial charge is 0.197 e. The maximum Gasteiger partial charge on any atom is 0.178 e. The van der Waals surface area contributed by atoms with Crippen LogP contribution in [-0.4, -0.2) is 19.8 Å². The van der Waals surface area contributed by atoms with Crippen LogP contribution in [0.1, 0.15) is 22.5 Å². The first-order chi connectivity index (χ1) is 12.8. The number of nitrogens with zero attached hydrogens (tertiary/aromatic N) is 4. The monoisotopic (exact) mass is 360 g/mol. The second kappa shape index (κ2) is 6.22. The van der Waals surface area contributed by atoms with Gasteiger partial charge in [0.05, 0.1) is 5.69 Å². The maximum absolute atomic E-state index is 5.96. The fraction of sp³-hybridized carbons (Fsp3) is 0.190. The van der Waals surface area contributed by atoms with Crippen LogP contribution in [0.25, 0.3) is 16.9 Å². The van der Waals surface area contributed by atoms with Crippen molar-refractivity contribution < 1.29 is 0 Å². The van der Waals surface area contributed by atoms with Gasteiger partial charge in [0, 0.05) is 17.0 Å². The van der Waals surface area contributed by atoms with Crippen molar-refractivity contribution in [2.75, 3.05) is 0 Å². The van der Waals surface area contributed by atoms with E-state index in [0.717, 1.165) is 47.9 Å². The van der Waals surface area contributed by atoms with E-state index in [1.165, 1.54) is 22.3 Å². The lowest BCUT2D eigenvalue weighted by Gasteiger charge is -2.18. The van der Waals surface area contributed by atoms with E-state index in [9.17, 15) is 0 Å². The fourth-order valence-electron chi connectivity index (χ4n) is 3.63. The van der Waals surface area contributed by atoms with Gasteiger partial charge in [-0.15, -0.1) is 10.2 Å². The Bertz CT molecular complexity index is 1100. The van der Waals surface area contributed by atoms with E-state index in [4.69, 9.17) is 16.7 Å². The molecule has 2 aromatic carbocycles. The molecule has 0 radical (unpaired) electrons. The molecule has 5 rings (SSSR count). The Hall–Kier alpha value is -2.72. The van der Waals surface area contributed by atoms with Gasteiger partial charge in [0.15, 0.2) is 11.5 Å². The van der Waals surface area contributed by atoms with Crippen LogP contribution in [0.3, 0.4) is 0 Å². The zero-order chi connectivity index (χ0) is 17.5. The molecular formula is C21H17ClN4. The lowest BCUT2D eigenvalue weighted by molar-refractivity contribution is 0.777. The molecule has 128 valence electrons. The van der Waals surface area contributed by atoms with E-state index in [-0.39, 0.29) is 0 Å². The summed E-state index contributed by atoms with van der Waals surface area (Å²) in [5, 5.41) is 14.4. The predicted molar refractivity (Wildman–Crippen MR) is 102 cm³/mol. The molecule has 26 heavy (non-hydrogen) atoms. The molecule has 0 saturated heterocycles. The maximum atomic E-state index is 5.96. The molecule has 0 amide bonds. The van der Waals surface area contributed by atoms with Crippen LogP contribution >= 0.6 is 11.6 Å². The normalized spacial score (nSPS) is 12.8. The highest BCUT2D eigenvalue weighted by Crippen LogP contribution is 2.32. The Kier molecular flexibility index (Phi) is 3.71. The Labute approximate surface area is 156 Å². The molecule has 5 heteroatoms. The van der Waals surface area contributed by atoms with Crippen LogP contribution in [0.15, 0.2) is 54.6 Å². The number of rotatable bonds is 3. The second-order valence-corrected chi connectivity index (χ2v) is 7.12. The van der Waals surface area contributed by atoms with E-state index in [2.05, 4.69) is 52.7 Å². The Morgan fingerprint density at radius 2 is 1.69 bits per heavy atom. The number of aromatic nitrogens is 4. The first-order valence-electron chi connectivity index (χ1n) is 8.85. The zero-order valence-electron chi connectivity index (χ0n) is 14.2. The topological polar surface area (TPSA) is 43.1 Å². The minimum absolute atomic E-state index is 0.758. The number of benzene rings is 2. The van der Waals surface area contributed by atoms with Gasteiger partial charge < -0.3 is 0 Å². The number of hydrogen-bond donors (Lipinski definition) is 0.